The normalized spacial score (nSPS) is 31.1. The summed E-state index contributed by atoms with van der Waals surface area (Å²) in [4.78, 5) is 0. The molecular weight excluding hydrogens is 352 g/mol. The summed E-state index contributed by atoms with van der Waals surface area (Å²) in [6.45, 7) is 0.721. The summed E-state index contributed by atoms with van der Waals surface area (Å²) in [6.07, 6.45) is -0.857. The Hall–Kier alpha value is -2.48. The van der Waals surface area contributed by atoms with E-state index in [2.05, 4.69) is 0 Å². The topological polar surface area (TPSA) is 86.6 Å². The van der Waals surface area contributed by atoms with Gasteiger partial charge in [0, 0.05) is 5.92 Å². The van der Waals surface area contributed by atoms with Gasteiger partial charge >= 0.3 is 0 Å². The third kappa shape index (κ3) is 2.46. The van der Waals surface area contributed by atoms with Crippen molar-refractivity contribution < 1.29 is 33.9 Å². The molecule has 3 aliphatic heterocycles. The van der Waals surface area contributed by atoms with Crippen LogP contribution >= 0.6 is 0 Å². The van der Waals surface area contributed by atoms with Crippen molar-refractivity contribution in [2.75, 3.05) is 27.1 Å². The molecular formula is C20H20O7. The lowest BCUT2D eigenvalue weighted by Gasteiger charge is -2.27. The highest BCUT2D eigenvalue weighted by Crippen LogP contribution is 2.54. The minimum Gasteiger partial charge on any atom is -0.504 e. The highest BCUT2D eigenvalue weighted by Gasteiger charge is 2.59. The smallest absolute Gasteiger partial charge is 0.231 e. The van der Waals surface area contributed by atoms with Gasteiger partial charge in [-0.3, -0.25) is 0 Å². The average molecular weight is 372 g/mol. The number of aromatic hydroxyl groups is 1. The summed E-state index contributed by atoms with van der Waals surface area (Å²) >= 11 is 0. The van der Waals surface area contributed by atoms with Crippen LogP contribution in [0, 0.1) is 5.92 Å². The second kappa shape index (κ2) is 6.02. The second-order valence-corrected chi connectivity index (χ2v) is 7.09. The van der Waals surface area contributed by atoms with Gasteiger partial charge in [0.2, 0.25) is 6.79 Å². The van der Waals surface area contributed by atoms with E-state index in [-0.39, 0.29) is 31.2 Å². The molecule has 142 valence electrons. The van der Waals surface area contributed by atoms with Gasteiger partial charge in [-0.05, 0) is 35.4 Å². The molecule has 0 spiro atoms. The predicted octanol–water partition coefficient (Wildman–Crippen LogP) is 2.32. The number of methoxy groups -OCH3 is 1. The molecule has 4 atom stereocenters. The van der Waals surface area contributed by atoms with Crippen molar-refractivity contribution >= 4 is 0 Å². The standard InChI is InChI=1S/C20H20O7/c1-23-16-6-11(2-4-14(16)21)18-13-8-24-19(20(13,22)9-25-18)12-3-5-15-17(7-12)27-10-26-15/h2-7,13,18-19,21-22H,8-10H2,1H3/t13-,18-,19-,20-/m0/s1. The number of hydrogen-bond acceptors (Lipinski definition) is 7. The fourth-order valence-corrected chi connectivity index (χ4v) is 4.22. The summed E-state index contributed by atoms with van der Waals surface area (Å²) in [6, 6.07) is 10.7. The van der Waals surface area contributed by atoms with Crippen molar-refractivity contribution in [3.63, 3.8) is 0 Å². The molecule has 2 aromatic carbocycles. The molecule has 2 aromatic rings. The Morgan fingerprint density at radius 2 is 1.85 bits per heavy atom. The van der Waals surface area contributed by atoms with Crippen LogP contribution in [-0.2, 0) is 9.47 Å². The molecule has 7 heteroatoms. The minimum atomic E-state index is -1.15. The Balaban J connectivity index is 1.45. The van der Waals surface area contributed by atoms with Crippen LogP contribution in [0.4, 0.5) is 0 Å². The van der Waals surface area contributed by atoms with Crippen molar-refractivity contribution in [1.29, 1.82) is 0 Å². The average Bonchev–Trinajstić information content (AvgIpc) is 3.35. The number of phenolic OH excluding ortho intramolecular Hbond substituents is 1. The number of phenols is 1. The Morgan fingerprint density at radius 3 is 2.70 bits per heavy atom. The van der Waals surface area contributed by atoms with Gasteiger partial charge in [0.15, 0.2) is 23.0 Å². The zero-order valence-corrected chi connectivity index (χ0v) is 14.8. The Kier molecular flexibility index (Phi) is 3.72. The molecule has 3 aliphatic rings. The molecule has 2 fully saturated rings. The molecule has 0 bridgehead atoms. The Bertz CT molecular complexity index is 883. The van der Waals surface area contributed by atoms with E-state index >= 15 is 0 Å². The highest BCUT2D eigenvalue weighted by atomic mass is 16.7. The van der Waals surface area contributed by atoms with E-state index in [1.54, 1.807) is 18.2 Å². The molecule has 2 N–H and O–H groups in total. The second-order valence-electron chi connectivity index (χ2n) is 7.09. The molecule has 2 saturated heterocycles. The Morgan fingerprint density at radius 1 is 1.04 bits per heavy atom. The van der Waals surface area contributed by atoms with E-state index in [9.17, 15) is 10.2 Å². The zero-order chi connectivity index (χ0) is 18.6. The van der Waals surface area contributed by atoms with Crippen molar-refractivity contribution in [1.82, 2.24) is 0 Å². The van der Waals surface area contributed by atoms with E-state index in [4.69, 9.17) is 23.7 Å². The molecule has 27 heavy (non-hydrogen) atoms. The lowest BCUT2D eigenvalue weighted by Crippen LogP contribution is -2.39. The molecule has 0 aromatic heterocycles. The van der Waals surface area contributed by atoms with Gasteiger partial charge in [-0.1, -0.05) is 12.1 Å². The van der Waals surface area contributed by atoms with Crippen LogP contribution in [0.15, 0.2) is 36.4 Å². The van der Waals surface area contributed by atoms with Gasteiger partial charge < -0.3 is 33.9 Å². The van der Waals surface area contributed by atoms with Crippen LogP contribution in [0.1, 0.15) is 23.3 Å². The summed E-state index contributed by atoms with van der Waals surface area (Å²) in [5.41, 5.74) is 0.515. The molecule has 0 radical (unpaired) electrons. The quantitative estimate of drug-likeness (QED) is 0.855. The first-order valence-electron chi connectivity index (χ1n) is 8.82. The molecule has 0 saturated carbocycles. The maximum atomic E-state index is 11.4. The van der Waals surface area contributed by atoms with Gasteiger partial charge in [0.1, 0.15) is 11.7 Å². The molecule has 0 aliphatic carbocycles. The van der Waals surface area contributed by atoms with Crippen molar-refractivity contribution in [2.24, 2.45) is 5.92 Å². The van der Waals surface area contributed by atoms with Crippen LogP contribution in [0.3, 0.4) is 0 Å². The molecule has 3 heterocycles. The van der Waals surface area contributed by atoms with E-state index in [0.29, 0.717) is 23.9 Å². The van der Waals surface area contributed by atoms with Gasteiger partial charge in [-0.15, -0.1) is 0 Å². The number of hydrogen-bond donors (Lipinski definition) is 2. The van der Waals surface area contributed by atoms with Crippen LogP contribution < -0.4 is 14.2 Å². The first-order valence-corrected chi connectivity index (χ1v) is 8.82. The fraction of sp³-hybridized carbons (Fsp3) is 0.400. The van der Waals surface area contributed by atoms with E-state index < -0.39 is 11.7 Å². The SMILES string of the molecule is COc1cc([C@@H]2OC[C@@]3(O)[C@H](c4ccc5c(c4)OCO5)OC[C@@H]23)ccc1O. The van der Waals surface area contributed by atoms with E-state index in [1.807, 2.05) is 18.2 Å². The van der Waals surface area contributed by atoms with Gasteiger partial charge in [0.25, 0.3) is 0 Å². The fourth-order valence-electron chi connectivity index (χ4n) is 4.22. The van der Waals surface area contributed by atoms with Crippen LogP contribution in [0.25, 0.3) is 0 Å². The van der Waals surface area contributed by atoms with Crippen molar-refractivity contribution in [3.8, 4) is 23.0 Å². The Labute approximate surface area is 156 Å². The number of ether oxygens (including phenoxy) is 5. The summed E-state index contributed by atoms with van der Waals surface area (Å²) in [7, 11) is 1.50. The van der Waals surface area contributed by atoms with Crippen LogP contribution in [0.2, 0.25) is 0 Å². The maximum Gasteiger partial charge on any atom is 0.231 e. The first-order chi connectivity index (χ1) is 13.1. The third-order valence-corrected chi connectivity index (χ3v) is 5.63. The zero-order valence-electron chi connectivity index (χ0n) is 14.8. The lowest BCUT2D eigenvalue weighted by atomic mass is 9.81. The highest BCUT2D eigenvalue weighted by molar-refractivity contribution is 5.46. The van der Waals surface area contributed by atoms with Gasteiger partial charge in [0.05, 0.1) is 26.4 Å². The predicted molar refractivity (Wildman–Crippen MR) is 93.0 cm³/mol. The van der Waals surface area contributed by atoms with Crippen LogP contribution in [-0.4, -0.2) is 42.9 Å². The van der Waals surface area contributed by atoms with Gasteiger partial charge in [-0.2, -0.15) is 0 Å². The van der Waals surface area contributed by atoms with E-state index in [0.717, 1.165) is 11.1 Å². The molecule has 0 unspecified atom stereocenters. The van der Waals surface area contributed by atoms with Crippen molar-refractivity contribution in [2.45, 2.75) is 17.8 Å². The lowest BCUT2D eigenvalue weighted by molar-refractivity contribution is -0.0628. The monoisotopic (exact) mass is 372 g/mol. The summed E-state index contributed by atoms with van der Waals surface area (Å²) < 4.78 is 27.9. The molecule has 7 nitrogen and oxygen atoms in total. The minimum absolute atomic E-state index is 0.0652. The number of aliphatic hydroxyl groups is 1. The number of fused-ring (bicyclic) bond motifs is 2. The van der Waals surface area contributed by atoms with Crippen LogP contribution in [0.5, 0.6) is 23.0 Å². The van der Waals surface area contributed by atoms with E-state index in [1.165, 1.54) is 7.11 Å². The molecule has 0 amide bonds. The summed E-state index contributed by atoms with van der Waals surface area (Å²) in [5, 5.41) is 21.2. The third-order valence-electron chi connectivity index (χ3n) is 5.63. The van der Waals surface area contributed by atoms with Crippen molar-refractivity contribution in [3.05, 3.63) is 47.5 Å². The first kappa shape index (κ1) is 16.7. The summed E-state index contributed by atoms with van der Waals surface area (Å²) in [5.74, 6) is 1.55. The largest absolute Gasteiger partial charge is 0.504 e. The van der Waals surface area contributed by atoms with Gasteiger partial charge in [-0.25, -0.2) is 0 Å². The maximum absolute atomic E-state index is 11.4. The number of benzene rings is 2. The number of rotatable bonds is 3. The molecule has 5 rings (SSSR count).